The summed E-state index contributed by atoms with van der Waals surface area (Å²) < 4.78 is 10.6. The van der Waals surface area contributed by atoms with Crippen molar-refractivity contribution in [3.8, 4) is 0 Å². The molecule has 44 heavy (non-hydrogen) atoms. The minimum Gasteiger partial charge on any atom is -0.449 e. The van der Waals surface area contributed by atoms with Gasteiger partial charge in [-0.25, -0.2) is 4.79 Å². The Morgan fingerprint density at radius 3 is 2.20 bits per heavy atom. The lowest BCUT2D eigenvalue weighted by Crippen LogP contribution is -2.36. The number of anilines is 1. The van der Waals surface area contributed by atoms with Crippen molar-refractivity contribution in [2.75, 3.05) is 65.5 Å². The third-order valence-electron chi connectivity index (χ3n) is 7.01. The fraction of sp³-hybridized carbons (Fsp3) is 0.613. The number of nitrogens with zero attached hydrogens (tertiary/aromatic N) is 2. The van der Waals surface area contributed by atoms with Crippen LogP contribution in [0.3, 0.4) is 0 Å². The highest BCUT2D eigenvalue weighted by molar-refractivity contribution is 6.04. The van der Waals surface area contributed by atoms with Gasteiger partial charge >= 0.3 is 6.09 Å². The Labute approximate surface area is 260 Å². The number of carbonyl (C=O) groups excluding carboxylic acids is 6. The summed E-state index contributed by atoms with van der Waals surface area (Å²) in [5, 5.41) is 7.86. The molecule has 1 atom stereocenters. The number of nitrogens with one attached hydrogen (secondary N) is 3. The van der Waals surface area contributed by atoms with Crippen LogP contribution in [0.25, 0.3) is 0 Å². The normalized spacial score (nSPS) is 11.2. The number of carbonyl (C=O) groups is 6. The van der Waals surface area contributed by atoms with E-state index in [9.17, 15) is 28.8 Å². The molecule has 1 aromatic rings. The zero-order valence-corrected chi connectivity index (χ0v) is 26.7. The van der Waals surface area contributed by atoms with Gasteiger partial charge in [-0.05, 0) is 37.5 Å². The number of likely N-dealkylation sites (N-methyl/N-ethyl adjacent to an activating group) is 1. The largest absolute Gasteiger partial charge is 0.449 e. The molecule has 246 valence electrons. The van der Waals surface area contributed by atoms with E-state index in [4.69, 9.17) is 9.47 Å². The molecule has 0 aliphatic carbocycles. The summed E-state index contributed by atoms with van der Waals surface area (Å²) >= 11 is 0. The van der Waals surface area contributed by atoms with Crippen LogP contribution in [-0.2, 0) is 39.9 Å². The third kappa shape index (κ3) is 16.6. The van der Waals surface area contributed by atoms with E-state index < -0.39 is 6.09 Å². The zero-order valence-electron chi connectivity index (χ0n) is 26.7. The second kappa shape index (κ2) is 21.7. The molecule has 1 unspecified atom stereocenters. The Morgan fingerprint density at radius 2 is 1.55 bits per heavy atom. The fourth-order valence-electron chi connectivity index (χ4n) is 3.83. The monoisotopic (exact) mass is 619 g/mol. The number of unbranched alkanes of at least 4 members (excludes halogenated alkanes) is 1. The molecule has 0 radical (unpaired) electrons. The summed E-state index contributed by atoms with van der Waals surface area (Å²) in [6.45, 7) is 5.37. The topological polar surface area (TPSA) is 163 Å². The van der Waals surface area contributed by atoms with Gasteiger partial charge in [0.25, 0.3) is 0 Å². The first kappa shape index (κ1) is 38.0. The van der Waals surface area contributed by atoms with Crippen molar-refractivity contribution in [2.45, 2.75) is 58.8 Å². The van der Waals surface area contributed by atoms with Crippen molar-refractivity contribution < 1.29 is 38.2 Å². The van der Waals surface area contributed by atoms with E-state index >= 15 is 0 Å². The van der Waals surface area contributed by atoms with Crippen molar-refractivity contribution in [3.05, 3.63) is 29.8 Å². The Balaban J connectivity index is 2.21. The van der Waals surface area contributed by atoms with Crippen LogP contribution in [0.15, 0.2) is 24.3 Å². The Kier molecular flexibility index (Phi) is 18.7. The van der Waals surface area contributed by atoms with Gasteiger partial charge in [0.1, 0.15) is 12.2 Å². The summed E-state index contributed by atoms with van der Waals surface area (Å²) in [5.41, 5.74) is 1.34. The van der Waals surface area contributed by atoms with Gasteiger partial charge < -0.3 is 35.2 Å². The maximum atomic E-state index is 12.7. The first-order valence-electron chi connectivity index (χ1n) is 15.0. The highest BCUT2D eigenvalue weighted by atomic mass is 16.5. The van der Waals surface area contributed by atoms with Gasteiger partial charge in [-0.1, -0.05) is 25.5 Å². The van der Waals surface area contributed by atoms with E-state index in [1.54, 1.807) is 45.3 Å². The van der Waals surface area contributed by atoms with Gasteiger partial charge in [0, 0.05) is 71.8 Å². The maximum absolute atomic E-state index is 12.7. The molecule has 0 heterocycles. The zero-order chi connectivity index (χ0) is 32.9. The van der Waals surface area contributed by atoms with Crippen LogP contribution < -0.4 is 20.9 Å². The number of ketones is 1. The molecule has 13 heteroatoms. The van der Waals surface area contributed by atoms with Crippen LogP contribution in [0.4, 0.5) is 10.5 Å². The first-order chi connectivity index (χ1) is 20.9. The lowest BCUT2D eigenvalue weighted by Gasteiger charge is -2.21. The standard InChI is InChI=1S/C31H49N5O8/c1-23(24(2)37)9-6-7-15-34-31(42)44-19-8-18-43-20-17-35(4)29(40)22-30(41)36(5)26-12-10-25(11-13-26)21-28(39)33-16-14-27(38)32-3/h10-13,23H,6-9,14-22H2,1-5H3,(H,32,38)(H,33,39)(H,34,42). The highest BCUT2D eigenvalue weighted by Gasteiger charge is 2.18. The fourth-order valence-corrected chi connectivity index (χ4v) is 3.83. The van der Waals surface area contributed by atoms with Crippen LogP contribution in [-0.4, -0.2) is 101 Å². The van der Waals surface area contributed by atoms with Gasteiger partial charge in [0.2, 0.25) is 23.6 Å². The second-order valence-corrected chi connectivity index (χ2v) is 10.6. The van der Waals surface area contributed by atoms with Gasteiger partial charge in [0.15, 0.2) is 0 Å². The highest BCUT2D eigenvalue weighted by Crippen LogP contribution is 2.15. The van der Waals surface area contributed by atoms with E-state index in [1.807, 2.05) is 6.92 Å². The molecule has 0 saturated heterocycles. The molecular formula is C31H49N5O8. The van der Waals surface area contributed by atoms with E-state index in [1.165, 1.54) is 16.8 Å². The van der Waals surface area contributed by atoms with Crippen molar-refractivity contribution in [1.82, 2.24) is 20.9 Å². The average Bonchev–Trinajstić information content (AvgIpc) is 2.99. The van der Waals surface area contributed by atoms with E-state index in [-0.39, 0.29) is 74.4 Å². The van der Waals surface area contributed by atoms with E-state index in [2.05, 4.69) is 16.0 Å². The molecule has 0 saturated carbocycles. The second-order valence-electron chi connectivity index (χ2n) is 10.6. The Bertz CT molecular complexity index is 1080. The molecule has 1 aromatic carbocycles. The molecule has 0 fully saturated rings. The Hall–Kier alpha value is -4.00. The maximum Gasteiger partial charge on any atom is 0.407 e. The minimum atomic E-state index is -0.487. The number of hydrogen-bond donors (Lipinski definition) is 3. The lowest BCUT2D eigenvalue weighted by molar-refractivity contribution is -0.135. The number of benzene rings is 1. The third-order valence-corrected chi connectivity index (χ3v) is 7.01. The molecule has 3 N–H and O–H groups in total. The molecule has 5 amide bonds. The van der Waals surface area contributed by atoms with E-state index in [0.29, 0.717) is 31.8 Å². The minimum absolute atomic E-state index is 0.0442. The number of hydrogen-bond acceptors (Lipinski definition) is 8. The number of Topliss-reactive ketones (excluding diaryl/α,β-unsaturated/α-hetero) is 1. The van der Waals surface area contributed by atoms with Crippen molar-refractivity contribution in [2.24, 2.45) is 5.92 Å². The number of ether oxygens (including phenoxy) is 2. The summed E-state index contributed by atoms with van der Waals surface area (Å²) in [6.07, 6.45) is 2.51. The molecule has 0 spiro atoms. The number of amides is 5. The quantitative estimate of drug-likeness (QED) is 0.139. The van der Waals surface area contributed by atoms with Crippen LogP contribution >= 0.6 is 0 Å². The predicted molar refractivity (Wildman–Crippen MR) is 166 cm³/mol. The molecule has 0 bridgehead atoms. The smallest absolute Gasteiger partial charge is 0.407 e. The van der Waals surface area contributed by atoms with E-state index in [0.717, 1.165) is 24.8 Å². The summed E-state index contributed by atoms with van der Waals surface area (Å²) in [5.74, 6) is -0.853. The molecule has 0 aliphatic heterocycles. The molecular weight excluding hydrogens is 570 g/mol. The summed E-state index contributed by atoms with van der Waals surface area (Å²) in [4.78, 5) is 74.2. The Morgan fingerprint density at radius 1 is 0.841 bits per heavy atom. The van der Waals surface area contributed by atoms with Crippen molar-refractivity contribution in [3.63, 3.8) is 0 Å². The van der Waals surface area contributed by atoms with Gasteiger partial charge in [-0.3, -0.25) is 24.0 Å². The van der Waals surface area contributed by atoms with Crippen LogP contribution in [0.1, 0.15) is 57.9 Å². The number of alkyl carbamates (subject to hydrolysis) is 1. The molecule has 1 rings (SSSR count). The van der Waals surface area contributed by atoms with Gasteiger partial charge in [0.05, 0.1) is 19.6 Å². The predicted octanol–water partition coefficient (Wildman–Crippen LogP) is 1.82. The van der Waals surface area contributed by atoms with Crippen LogP contribution in [0, 0.1) is 5.92 Å². The SMILES string of the molecule is CNC(=O)CCNC(=O)Cc1ccc(N(C)C(=O)CC(=O)N(C)CCOCCCOC(=O)NCCCCC(C)C(C)=O)cc1. The molecule has 0 aromatic heterocycles. The lowest BCUT2D eigenvalue weighted by atomic mass is 10.0. The van der Waals surface area contributed by atoms with Gasteiger partial charge in [-0.2, -0.15) is 0 Å². The summed E-state index contributed by atoms with van der Waals surface area (Å²) in [7, 11) is 4.72. The van der Waals surface area contributed by atoms with Gasteiger partial charge in [-0.15, -0.1) is 0 Å². The molecule has 0 aliphatic rings. The number of rotatable bonds is 21. The first-order valence-corrected chi connectivity index (χ1v) is 15.0. The van der Waals surface area contributed by atoms with Crippen molar-refractivity contribution in [1.29, 1.82) is 0 Å². The van der Waals surface area contributed by atoms with Crippen molar-refractivity contribution >= 4 is 41.2 Å². The summed E-state index contributed by atoms with van der Waals surface area (Å²) in [6, 6.07) is 6.89. The average molecular weight is 620 g/mol. The molecule has 13 nitrogen and oxygen atoms in total. The van der Waals surface area contributed by atoms with Crippen LogP contribution in [0.5, 0.6) is 0 Å². The van der Waals surface area contributed by atoms with Crippen LogP contribution in [0.2, 0.25) is 0 Å².